The summed E-state index contributed by atoms with van der Waals surface area (Å²) in [5.74, 6) is 0.237. The monoisotopic (exact) mass is 367 g/mol. The molecule has 148 valence electrons. The van der Waals surface area contributed by atoms with Crippen LogP contribution < -0.4 is 16.0 Å². The van der Waals surface area contributed by atoms with Crippen molar-refractivity contribution in [3.05, 3.63) is 11.6 Å². The van der Waals surface area contributed by atoms with E-state index in [1.807, 2.05) is 6.92 Å². The molecule has 0 aromatic carbocycles. The molecular weight excluding hydrogens is 334 g/mol. The normalized spacial score (nSPS) is 15.5. The Morgan fingerprint density at radius 1 is 1.00 bits per heavy atom. The van der Waals surface area contributed by atoms with E-state index >= 15 is 0 Å². The Bertz CT molecular complexity index is 517. The van der Waals surface area contributed by atoms with Crippen molar-refractivity contribution < 1.29 is 19.1 Å². The smallest absolute Gasteiger partial charge is 0.407 e. The van der Waals surface area contributed by atoms with Crippen molar-refractivity contribution >= 4 is 17.9 Å². The summed E-state index contributed by atoms with van der Waals surface area (Å²) in [7, 11) is 0. The zero-order valence-corrected chi connectivity index (χ0v) is 16.4. The van der Waals surface area contributed by atoms with Crippen molar-refractivity contribution in [2.75, 3.05) is 19.6 Å². The molecule has 0 radical (unpaired) electrons. The molecule has 1 fully saturated rings. The summed E-state index contributed by atoms with van der Waals surface area (Å²) >= 11 is 0. The second kappa shape index (κ2) is 10.8. The Morgan fingerprint density at radius 2 is 1.62 bits per heavy atom. The number of amides is 3. The van der Waals surface area contributed by atoms with Crippen molar-refractivity contribution in [2.24, 2.45) is 5.92 Å². The van der Waals surface area contributed by atoms with E-state index in [1.54, 1.807) is 26.8 Å². The SMILES string of the molecule is C/C(=C\C(=O)NCCNC(=O)CCNC(=O)OC(C)(C)C)C1CCCC1. The fraction of sp³-hybridized carbons (Fsp3) is 0.737. The Labute approximate surface area is 156 Å². The number of hydrogen-bond donors (Lipinski definition) is 3. The Morgan fingerprint density at radius 3 is 2.23 bits per heavy atom. The fourth-order valence-electron chi connectivity index (χ4n) is 2.83. The second-order valence-electron chi connectivity index (χ2n) is 7.69. The third kappa shape index (κ3) is 10.1. The van der Waals surface area contributed by atoms with Crippen LogP contribution in [0.1, 0.15) is 59.8 Å². The van der Waals surface area contributed by atoms with Gasteiger partial charge in [0.25, 0.3) is 0 Å². The van der Waals surface area contributed by atoms with Gasteiger partial charge in [-0.2, -0.15) is 0 Å². The molecule has 0 atom stereocenters. The number of nitrogens with one attached hydrogen (secondary N) is 3. The third-order valence-electron chi connectivity index (χ3n) is 4.12. The Balaban J connectivity index is 2.09. The molecule has 1 aliphatic rings. The van der Waals surface area contributed by atoms with Gasteiger partial charge in [0, 0.05) is 32.1 Å². The molecule has 1 rings (SSSR count). The van der Waals surface area contributed by atoms with Crippen LogP contribution in [0.2, 0.25) is 0 Å². The molecule has 3 amide bonds. The van der Waals surface area contributed by atoms with Crippen LogP contribution in [0.25, 0.3) is 0 Å². The van der Waals surface area contributed by atoms with Gasteiger partial charge in [-0.1, -0.05) is 18.4 Å². The highest BCUT2D eigenvalue weighted by Crippen LogP contribution is 2.30. The van der Waals surface area contributed by atoms with Gasteiger partial charge in [0.15, 0.2) is 0 Å². The molecule has 7 nitrogen and oxygen atoms in total. The molecule has 0 aromatic heterocycles. The van der Waals surface area contributed by atoms with Crippen LogP contribution in [-0.2, 0) is 14.3 Å². The second-order valence-corrected chi connectivity index (χ2v) is 7.69. The van der Waals surface area contributed by atoms with Crippen LogP contribution in [0, 0.1) is 5.92 Å². The summed E-state index contributed by atoms with van der Waals surface area (Å²) in [6, 6.07) is 0. The molecule has 1 aliphatic carbocycles. The number of alkyl carbamates (subject to hydrolysis) is 1. The van der Waals surface area contributed by atoms with Gasteiger partial charge in [-0.15, -0.1) is 0 Å². The lowest BCUT2D eigenvalue weighted by Crippen LogP contribution is -2.37. The van der Waals surface area contributed by atoms with Gasteiger partial charge in [0.2, 0.25) is 11.8 Å². The van der Waals surface area contributed by atoms with Gasteiger partial charge < -0.3 is 20.7 Å². The van der Waals surface area contributed by atoms with Crippen LogP contribution in [0.4, 0.5) is 4.79 Å². The maximum Gasteiger partial charge on any atom is 0.407 e. The van der Waals surface area contributed by atoms with E-state index in [1.165, 1.54) is 25.7 Å². The molecule has 0 heterocycles. The highest BCUT2D eigenvalue weighted by molar-refractivity contribution is 5.88. The minimum Gasteiger partial charge on any atom is -0.444 e. The van der Waals surface area contributed by atoms with Crippen LogP contribution in [0.3, 0.4) is 0 Å². The molecule has 26 heavy (non-hydrogen) atoms. The van der Waals surface area contributed by atoms with E-state index in [9.17, 15) is 14.4 Å². The summed E-state index contributed by atoms with van der Waals surface area (Å²) in [5.41, 5.74) is 0.576. The predicted molar refractivity (Wildman–Crippen MR) is 101 cm³/mol. The van der Waals surface area contributed by atoms with Crippen molar-refractivity contribution in [3.63, 3.8) is 0 Å². The van der Waals surface area contributed by atoms with Gasteiger partial charge in [0.05, 0.1) is 0 Å². The zero-order valence-electron chi connectivity index (χ0n) is 16.4. The molecule has 0 unspecified atom stereocenters. The number of ether oxygens (including phenoxy) is 1. The minimum atomic E-state index is -0.560. The minimum absolute atomic E-state index is 0.116. The first-order valence-electron chi connectivity index (χ1n) is 9.37. The number of carbonyl (C=O) groups excluding carboxylic acids is 3. The van der Waals surface area contributed by atoms with Crippen LogP contribution >= 0.6 is 0 Å². The first-order valence-corrected chi connectivity index (χ1v) is 9.37. The van der Waals surface area contributed by atoms with Gasteiger partial charge in [0.1, 0.15) is 5.60 Å². The molecular formula is C19H33N3O4. The average molecular weight is 367 g/mol. The Kier molecular flexibility index (Phi) is 9.16. The maximum absolute atomic E-state index is 11.9. The highest BCUT2D eigenvalue weighted by Gasteiger charge is 2.17. The lowest BCUT2D eigenvalue weighted by molar-refractivity contribution is -0.121. The summed E-state index contributed by atoms with van der Waals surface area (Å²) in [4.78, 5) is 35.0. The predicted octanol–water partition coefficient (Wildman–Crippen LogP) is 2.27. The van der Waals surface area contributed by atoms with E-state index in [0.717, 1.165) is 5.57 Å². The maximum atomic E-state index is 11.9. The van der Waals surface area contributed by atoms with E-state index < -0.39 is 11.7 Å². The molecule has 0 spiro atoms. The van der Waals surface area contributed by atoms with E-state index in [2.05, 4.69) is 16.0 Å². The molecule has 0 saturated heterocycles. The zero-order chi connectivity index (χ0) is 19.6. The van der Waals surface area contributed by atoms with Crippen molar-refractivity contribution in [2.45, 2.75) is 65.4 Å². The van der Waals surface area contributed by atoms with Crippen LogP contribution in [0.5, 0.6) is 0 Å². The topological polar surface area (TPSA) is 96.5 Å². The average Bonchev–Trinajstić information content (AvgIpc) is 3.04. The quantitative estimate of drug-likeness (QED) is 0.453. The van der Waals surface area contributed by atoms with Crippen molar-refractivity contribution in [1.82, 2.24) is 16.0 Å². The molecule has 0 aliphatic heterocycles. The van der Waals surface area contributed by atoms with Crippen LogP contribution in [0.15, 0.2) is 11.6 Å². The van der Waals surface area contributed by atoms with E-state index in [0.29, 0.717) is 19.0 Å². The summed E-state index contributed by atoms with van der Waals surface area (Å²) in [5, 5.41) is 8.00. The van der Waals surface area contributed by atoms with E-state index in [4.69, 9.17) is 4.74 Å². The molecule has 7 heteroatoms. The molecule has 0 bridgehead atoms. The molecule has 0 aromatic rings. The third-order valence-corrected chi connectivity index (χ3v) is 4.12. The van der Waals surface area contributed by atoms with Gasteiger partial charge >= 0.3 is 6.09 Å². The van der Waals surface area contributed by atoms with E-state index in [-0.39, 0.29) is 24.8 Å². The summed E-state index contributed by atoms with van der Waals surface area (Å²) < 4.78 is 5.08. The lowest BCUT2D eigenvalue weighted by Gasteiger charge is -2.19. The Hall–Kier alpha value is -2.05. The van der Waals surface area contributed by atoms with Gasteiger partial charge in [-0.25, -0.2) is 4.79 Å². The number of rotatable bonds is 8. The summed E-state index contributed by atoms with van der Waals surface area (Å²) in [6.07, 6.45) is 6.11. The van der Waals surface area contributed by atoms with Gasteiger partial charge in [-0.05, 0) is 46.5 Å². The number of allylic oxidation sites excluding steroid dienone is 1. The lowest BCUT2D eigenvalue weighted by atomic mass is 9.99. The first-order chi connectivity index (χ1) is 12.2. The summed E-state index contributed by atoms with van der Waals surface area (Å²) in [6.45, 7) is 8.27. The first kappa shape index (κ1) is 22.0. The number of carbonyl (C=O) groups is 3. The largest absolute Gasteiger partial charge is 0.444 e. The van der Waals surface area contributed by atoms with Crippen molar-refractivity contribution in [1.29, 1.82) is 0 Å². The highest BCUT2D eigenvalue weighted by atomic mass is 16.6. The van der Waals surface area contributed by atoms with Crippen LogP contribution in [-0.4, -0.2) is 43.1 Å². The molecule has 3 N–H and O–H groups in total. The standard InChI is InChI=1S/C19H33N3O4/c1-14(15-7-5-6-8-15)13-17(24)21-12-11-20-16(23)9-10-22-18(25)26-19(2,3)4/h13,15H,5-12H2,1-4H3,(H,20,23)(H,21,24)(H,22,25)/b14-13+. The molecule has 1 saturated carbocycles. The number of hydrogen-bond acceptors (Lipinski definition) is 4. The van der Waals surface area contributed by atoms with Gasteiger partial charge in [-0.3, -0.25) is 9.59 Å². The van der Waals surface area contributed by atoms with Crippen molar-refractivity contribution in [3.8, 4) is 0 Å². The fourth-order valence-corrected chi connectivity index (χ4v) is 2.83.